The van der Waals surface area contributed by atoms with Crippen molar-refractivity contribution in [3.05, 3.63) is 67.3 Å². The van der Waals surface area contributed by atoms with Crippen LogP contribution in [-0.2, 0) is 9.53 Å². The number of hydrogen-bond donors (Lipinski definition) is 0. The highest BCUT2D eigenvalue weighted by Crippen LogP contribution is 2.30. The van der Waals surface area contributed by atoms with Gasteiger partial charge in [-0.1, -0.05) is 55.1 Å². The molecule has 0 N–H and O–H groups in total. The maximum absolute atomic E-state index is 11.1. The molecule has 2 aromatic rings. The van der Waals surface area contributed by atoms with Crippen molar-refractivity contribution in [2.75, 3.05) is 0 Å². The maximum atomic E-state index is 11.1. The van der Waals surface area contributed by atoms with Gasteiger partial charge in [0.05, 0.1) is 0 Å². The van der Waals surface area contributed by atoms with E-state index in [1.807, 2.05) is 54.6 Å². The van der Waals surface area contributed by atoms with E-state index in [2.05, 4.69) is 6.58 Å². The number of carbonyl (C=O) groups is 1. The second-order valence-electron chi connectivity index (χ2n) is 4.19. The number of ether oxygens (including phenoxy) is 2. The molecule has 0 bridgehead atoms. The third-order valence-electron chi connectivity index (χ3n) is 2.71. The van der Waals surface area contributed by atoms with Crippen molar-refractivity contribution in [2.24, 2.45) is 0 Å². The van der Waals surface area contributed by atoms with E-state index < -0.39 is 12.3 Å². The van der Waals surface area contributed by atoms with Gasteiger partial charge < -0.3 is 9.47 Å². The topological polar surface area (TPSA) is 35.5 Å². The summed E-state index contributed by atoms with van der Waals surface area (Å²) >= 11 is 0. The van der Waals surface area contributed by atoms with E-state index in [9.17, 15) is 4.79 Å². The molecule has 0 aliphatic carbocycles. The number of esters is 1. The van der Waals surface area contributed by atoms with Gasteiger partial charge in [-0.15, -0.1) is 0 Å². The minimum Gasteiger partial charge on any atom is -0.454 e. The van der Waals surface area contributed by atoms with Crippen molar-refractivity contribution in [3.63, 3.8) is 0 Å². The van der Waals surface area contributed by atoms with Crippen LogP contribution in [0.1, 0.15) is 6.92 Å². The van der Waals surface area contributed by atoms with E-state index in [1.165, 1.54) is 0 Å². The zero-order valence-electron chi connectivity index (χ0n) is 11.3. The average Bonchev–Trinajstić information content (AvgIpc) is 2.48. The Morgan fingerprint density at radius 1 is 1.10 bits per heavy atom. The van der Waals surface area contributed by atoms with Crippen molar-refractivity contribution in [3.8, 4) is 16.9 Å². The first-order chi connectivity index (χ1) is 9.70. The minimum absolute atomic E-state index is 0.505. The molecule has 3 heteroatoms. The zero-order chi connectivity index (χ0) is 14.4. The van der Waals surface area contributed by atoms with Crippen LogP contribution in [0.2, 0.25) is 0 Å². The van der Waals surface area contributed by atoms with Gasteiger partial charge >= 0.3 is 5.97 Å². The summed E-state index contributed by atoms with van der Waals surface area (Å²) in [4.78, 5) is 11.1. The van der Waals surface area contributed by atoms with Gasteiger partial charge in [0.25, 0.3) is 0 Å². The summed E-state index contributed by atoms with van der Waals surface area (Å²) in [6, 6.07) is 17.5. The molecule has 0 fully saturated rings. The number of para-hydroxylation sites is 1. The van der Waals surface area contributed by atoms with Crippen LogP contribution < -0.4 is 4.74 Å². The summed E-state index contributed by atoms with van der Waals surface area (Å²) in [5, 5.41) is 0. The van der Waals surface area contributed by atoms with E-state index in [0.29, 0.717) is 5.75 Å². The smallest absolute Gasteiger partial charge is 0.333 e. The van der Waals surface area contributed by atoms with Gasteiger partial charge in [0, 0.05) is 18.6 Å². The van der Waals surface area contributed by atoms with Gasteiger partial charge in [-0.25, -0.2) is 4.79 Å². The van der Waals surface area contributed by atoms with E-state index in [0.717, 1.165) is 17.2 Å². The SMILES string of the molecule is C=CC(=O)OC(C)Oc1ccccc1-c1ccccc1. The van der Waals surface area contributed by atoms with Crippen LogP contribution in [0.3, 0.4) is 0 Å². The second-order valence-corrected chi connectivity index (χ2v) is 4.19. The molecule has 0 radical (unpaired) electrons. The Hall–Kier alpha value is -2.55. The first-order valence-electron chi connectivity index (χ1n) is 6.35. The van der Waals surface area contributed by atoms with Gasteiger partial charge in [-0.05, 0) is 11.6 Å². The molecule has 20 heavy (non-hydrogen) atoms. The fourth-order valence-corrected chi connectivity index (χ4v) is 1.84. The molecule has 3 nitrogen and oxygen atoms in total. The Labute approximate surface area is 118 Å². The van der Waals surface area contributed by atoms with Crippen LogP contribution in [0.25, 0.3) is 11.1 Å². The normalized spacial score (nSPS) is 11.4. The van der Waals surface area contributed by atoms with Crippen molar-refractivity contribution < 1.29 is 14.3 Å². The van der Waals surface area contributed by atoms with Gasteiger partial charge in [0.1, 0.15) is 5.75 Å². The molecule has 2 aromatic carbocycles. The molecular weight excluding hydrogens is 252 g/mol. The lowest BCUT2D eigenvalue weighted by Crippen LogP contribution is -2.19. The summed E-state index contributed by atoms with van der Waals surface area (Å²) in [6.45, 7) is 5.03. The Morgan fingerprint density at radius 2 is 1.75 bits per heavy atom. The molecule has 0 aliphatic heterocycles. The molecule has 0 saturated carbocycles. The lowest BCUT2D eigenvalue weighted by molar-refractivity contribution is -0.154. The first-order valence-corrected chi connectivity index (χ1v) is 6.35. The van der Waals surface area contributed by atoms with Gasteiger partial charge in [-0.2, -0.15) is 0 Å². The zero-order valence-corrected chi connectivity index (χ0v) is 11.3. The first kappa shape index (κ1) is 13.9. The van der Waals surface area contributed by atoms with E-state index in [1.54, 1.807) is 6.92 Å². The molecule has 0 heterocycles. The second kappa shape index (κ2) is 6.57. The van der Waals surface area contributed by atoms with Gasteiger partial charge in [0.15, 0.2) is 0 Å². The monoisotopic (exact) mass is 268 g/mol. The third-order valence-corrected chi connectivity index (χ3v) is 2.71. The van der Waals surface area contributed by atoms with E-state index in [4.69, 9.17) is 9.47 Å². The summed E-state index contributed by atoms with van der Waals surface area (Å²) in [5.41, 5.74) is 2.00. The van der Waals surface area contributed by atoms with Gasteiger partial charge in [0.2, 0.25) is 6.29 Å². The van der Waals surface area contributed by atoms with Crippen molar-refractivity contribution in [1.82, 2.24) is 0 Å². The maximum Gasteiger partial charge on any atom is 0.333 e. The Balaban J connectivity index is 2.21. The summed E-state index contributed by atoms with van der Waals surface area (Å²) in [5.74, 6) is 0.165. The van der Waals surface area contributed by atoms with Crippen LogP contribution in [-0.4, -0.2) is 12.3 Å². The highest BCUT2D eigenvalue weighted by Gasteiger charge is 2.11. The van der Waals surface area contributed by atoms with Crippen molar-refractivity contribution in [1.29, 1.82) is 0 Å². The predicted octanol–water partition coefficient (Wildman–Crippen LogP) is 3.81. The minimum atomic E-state index is -0.676. The summed E-state index contributed by atoms with van der Waals surface area (Å²) in [7, 11) is 0. The van der Waals surface area contributed by atoms with Crippen LogP contribution in [0.4, 0.5) is 0 Å². The lowest BCUT2D eigenvalue weighted by Gasteiger charge is -2.17. The molecule has 0 saturated heterocycles. The van der Waals surface area contributed by atoms with Crippen LogP contribution in [0.5, 0.6) is 5.75 Å². The summed E-state index contributed by atoms with van der Waals surface area (Å²) in [6.07, 6.45) is 0.438. The number of benzene rings is 2. The van der Waals surface area contributed by atoms with E-state index in [-0.39, 0.29) is 0 Å². The molecule has 1 atom stereocenters. The fourth-order valence-electron chi connectivity index (χ4n) is 1.84. The molecule has 1 unspecified atom stereocenters. The molecule has 102 valence electrons. The number of carbonyl (C=O) groups excluding carboxylic acids is 1. The fraction of sp³-hybridized carbons (Fsp3) is 0.118. The quantitative estimate of drug-likeness (QED) is 0.470. The van der Waals surface area contributed by atoms with Crippen molar-refractivity contribution >= 4 is 5.97 Å². The Morgan fingerprint density at radius 3 is 2.45 bits per heavy atom. The van der Waals surface area contributed by atoms with Crippen molar-refractivity contribution in [2.45, 2.75) is 13.2 Å². The molecule has 0 aromatic heterocycles. The number of hydrogen-bond acceptors (Lipinski definition) is 3. The average molecular weight is 268 g/mol. The molecule has 0 amide bonds. The number of rotatable bonds is 5. The Kier molecular flexibility index (Phi) is 4.56. The van der Waals surface area contributed by atoms with Crippen LogP contribution in [0.15, 0.2) is 67.3 Å². The largest absolute Gasteiger partial charge is 0.454 e. The Bertz CT molecular complexity index is 590. The summed E-state index contributed by atoms with van der Waals surface area (Å²) < 4.78 is 10.7. The molecule has 2 rings (SSSR count). The molecule has 0 spiro atoms. The van der Waals surface area contributed by atoms with Crippen LogP contribution >= 0.6 is 0 Å². The molecule has 0 aliphatic rings. The van der Waals surface area contributed by atoms with E-state index >= 15 is 0 Å². The lowest BCUT2D eigenvalue weighted by atomic mass is 10.1. The highest BCUT2D eigenvalue weighted by atomic mass is 16.7. The van der Waals surface area contributed by atoms with Gasteiger partial charge in [-0.3, -0.25) is 0 Å². The standard InChI is InChI=1S/C17H16O3/c1-3-17(18)20-13(2)19-16-12-8-7-11-15(16)14-9-5-4-6-10-14/h3-13H,1H2,2H3. The third kappa shape index (κ3) is 3.48. The van der Waals surface area contributed by atoms with Crippen LogP contribution in [0, 0.1) is 0 Å². The highest BCUT2D eigenvalue weighted by molar-refractivity contribution is 5.81. The predicted molar refractivity (Wildman–Crippen MR) is 78.3 cm³/mol. The molecular formula is C17H16O3.